The molecule has 0 aromatic carbocycles. The minimum atomic E-state index is -0.0520. The topological polar surface area (TPSA) is 34.1 Å². The average Bonchev–Trinajstić information content (AvgIpc) is 2.25. The molecule has 0 aliphatic heterocycles. The van der Waals surface area contributed by atoms with Gasteiger partial charge in [0.15, 0.2) is 11.6 Å². The van der Waals surface area contributed by atoms with Gasteiger partial charge in [0.1, 0.15) is 0 Å². The molecule has 2 nitrogen and oxygen atoms in total. The van der Waals surface area contributed by atoms with Crippen molar-refractivity contribution in [1.29, 1.82) is 0 Å². The standard InChI is InChI=1S/C18H26O2/c1-12-11-15(20)16-17(3,4)9-6-10-18(16,5)14(12)8-7-13(2)19/h7-8,11,14,16H,6,9-10H2,1-5H3/b8-7+/t14?,16?,18-/m1/s1. The van der Waals surface area contributed by atoms with E-state index in [4.69, 9.17) is 0 Å². The summed E-state index contributed by atoms with van der Waals surface area (Å²) in [6, 6.07) is 0. The second-order valence-corrected chi connectivity index (χ2v) is 7.52. The number of ketones is 2. The van der Waals surface area contributed by atoms with E-state index in [1.54, 1.807) is 13.0 Å². The summed E-state index contributed by atoms with van der Waals surface area (Å²) >= 11 is 0. The Bertz CT molecular complexity index is 496. The summed E-state index contributed by atoms with van der Waals surface area (Å²) in [6.45, 7) is 10.3. The first-order chi connectivity index (χ1) is 9.18. The molecule has 1 fully saturated rings. The first kappa shape index (κ1) is 15.2. The van der Waals surface area contributed by atoms with Crippen LogP contribution >= 0.6 is 0 Å². The molecule has 110 valence electrons. The summed E-state index contributed by atoms with van der Waals surface area (Å²) in [5, 5.41) is 0. The van der Waals surface area contributed by atoms with Crippen LogP contribution in [0.15, 0.2) is 23.8 Å². The molecule has 0 aromatic heterocycles. The predicted octanol–water partition coefficient (Wildman–Crippen LogP) is 4.11. The molecule has 0 N–H and O–H groups in total. The third kappa shape index (κ3) is 2.41. The molecule has 0 heterocycles. The average molecular weight is 274 g/mol. The van der Waals surface area contributed by atoms with Crippen LogP contribution in [0.3, 0.4) is 0 Å². The van der Waals surface area contributed by atoms with E-state index in [1.165, 1.54) is 0 Å². The molecule has 1 saturated carbocycles. The van der Waals surface area contributed by atoms with Gasteiger partial charge in [-0.3, -0.25) is 9.59 Å². The van der Waals surface area contributed by atoms with Crippen molar-refractivity contribution in [2.75, 3.05) is 0 Å². The monoisotopic (exact) mass is 274 g/mol. The maximum Gasteiger partial charge on any atom is 0.159 e. The number of hydrogen-bond donors (Lipinski definition) is 0. The number of fused-ring (bicyclic) bond motifs is 1. The van der Waals surface area contributed by atoms with E-state index < -0.39 is 0 Å². The summed E-state index contributed by atoms with van der Waals surface area (Å²) in [5.41, 5.74) is 1.09. The molecule has 0 saturated heterocycles. The highest BCUT2D eigenvalue weighted by atomic mass is 16.1. The lowest BCUT2D eigenvalue weighted by molar-refractivity contribution is -0.134. The van der Waals surface area contributed by atoms with Crippen molar-refractivity contribution < 1.29 is 9.59 Å². The highest BCUT2D eigenvalue weighted by Gasteiger charge is 2.54. The van der Waals surface area contributed by atoms with Gasteiger partial charge in [0, 0.05) is 11.8 Å². The number of allylic oxidation sites excluding steroid dienone is 4. The molecule has 20 heavy (non-hydrogen) atoms. The van der Waals surface area contributed by atoms with Crippen LogP contribution in [0.4, 0.5) is 0 Å². The van der Waals surface area contributed by atoms with E-state index in [9.17, 15) is 9.59 Å². The summed E-state index contributed by atoms with van der Waals surface area (Å²) in [7, 11) is 0. The van der Waals surface area contributed by atoms with Gasteiger partial charge in [0.05, 0.1) is 0 Å². The molecule has 0 bridgehead atoms. The van der Waals surface area contributed by atoms with E-state index >= 15 is 0 Å². The predicted molar refractivity (Wildman–Crippen MR) is 81.3 cm³/mol. The van der Waals surface area contributed by atoms with Crippen LogP contribution in [-0.2, 0) is 9.59 Å². The zero-order valence-corrected chi connectivity index (χ0v) is 13.3. The molecule has 0 amide bonds. The van der Waals surface area contributed by atoms with Crippen molar-refractivity contribution in [3.63, 3.8) is 0 Å². The molecule has 2 aliphatic carbocycles. The lowest BCUT2D eigenvalue weighted by atomic mass is 9.48. The van der Waals surface area contributed by atoms with E-state index in [-0.39, 0.29) is 34.2 Å². The van der Waals surface area contributed by atoms with Gasteiger partial charge >= 0.3 is 0 Å². The number of hydrogen-bond acceptors (Lipinski definition) is 2. The second-order valence-electron chi connectivity index (χ2n) is 7.52. The van der Waals surface area contributed by atoms with Crippen LogP contribution in [0.5, 0.6) is 0 Å². The van der Waals surface area contributed by atoms with Crippen molar-refractivity contribution in [3.05, 3.63) is 23.8 Å². The fourth-order valence-electron chi connectivity index (χ4n) is 4.67. The molecule has 3 atom stereocenters. The van der Waals surface area contributed by atoms with Gasteiger partial charge in [0.2, 0.25) is 0 Å². The van der Waals surface area contributed by atoms with Gasteiger partial charge in [-0.15, -0.1) is 0 Å². The number of rotatable bonds is 2. The minimum Gasteiger partial charge on any atom is -0.295 e. The minimum absolute atomic E-state index is 0.0452. The Balaban J connectivity index is 2.50. The highest BCUT2D eigenvalue weighted by Crippen LogP contribution is 2.58. The molecule has 0 aromatic rings. The molecule has 0 spiro atoms. The highest BCUT2D eigenvalue weighted by molar-refractivity contribution is 5.95. The molecule has 2 aliphatic rings. The summed E-state index contributed by atoms with van der Waals surface area (Å²) < 4.78 is 0. The zero-order valence-electron chi connectivity index (χ0n) is 13.3. The first-order valence-electron chi connectivity index (χ1n) is 7.59. The van der Waals surface area contributed by atoms with Crippen LogP contribution in [0.1, 0.15) is 53.9 Å². The number of carbonyl (C=O) groups is 2. The quantitative estimate of drug-likeness (QED) is 0.710. The molecule has 2 heteroatoms. The van der Waals surface area contributed by atoms with E-state index in [0.29, 0.717) is 0 Å². The molecule has 2 rings (SSSR count). The summed E-state index contributed by atoms with van der Waals surface area (Å²) in [4.78, 5) is 23.9. The molecule has 0 radical (unpaired) electrons. The fraction of sp³-hybridized carbons (Fsp3) is 0.667. The Labute approximate surface area is 122 Å². The molecular weight excluding hydrogens is 248 g/mol. The van der Waals surface area contributed by atoms with Gasteiger partial charge in [-0.2, -0.15) is 0 Å². The Morgan fingerprint density at radius 2 is 1.95 bits per heavy atom. The van der Waals surface area contributed by atoms with Crippen molar-refractivity contribution in [3.8, 4) is 0 Å². The van der Waals surface area contributed by atoms with Gasteiger partial charge in [0.25, 0.3) is 0 Å². The first-order valence-corrected chi connectivity index (χ1v) is 7.59. The van der Waals surface area contributed by atoms with Crippen LogP contribution in [0.25, 0.3) is 0 Å². The SMILES string of the molecule is CC(=O)/C=C/C1C(C)=CC(=O)C2C(C)(C)CCC[C@]12C. The third-order valence-electron chi connectivity index (χ3n) is 5.36. The fourth-order valence-corrected chi connectivity index (χ4v) is 4.67. The van der Waals surface area contributed by atoms with Crippen LogP contribution in [0.2, 0.25) is 0 Å². The lowest BCUT2D eigenvalue weighted by Gasteiger charge is -2.55. The smallest absolute Gasteiger partial charge is 0.159 e. The van der Waals surface area contributed by atoms with Gasteiger partial charge in [-0.25, -0.2) is 0 Å². The maximum atomic E-state index is 12.6. The second kappa shape index (κ2) is 4.98. The van der Waals surface area contributed by atoms with Gasteiger partial charge < -0.3 is 0 Å². The van der Waals surface area contributed by atoms with E-state index in [1.807, 2.05) is 19.1 Å². The summed E-state index contributed by atoms with van der Waals surface area (Å²) in [6.07, 6.45) is 8.83. The van der Waals surface area contributed by atoms with Crippen molar-refractivity contribution in [2.45, 2.75) is 53.9 Å². The zero-order chi connectivity index (χ0) is 15.1. The van der Waals surface area contributed by atoms with E-state index in [0.717, 1.165) is 24.8 Å². The van der Waals surface area contributed by atoms with Crippen LogP contribution in [-0.4, -0.2) is 11.6 Å². The maximum absolute atomic E-state index is 12.6. The van der Waals surface area contributed by atoms with Gasteiger partial charge in [-0.1, -0.05) is 38.8 Å². The largest absolute Gasteiger partial charge is 0.295 e. The summed E-state index contributed by atoms with van der Waals surface area (Å²) in [5.74, 6) is 0.620. The molecular formula is C18H26O2. The Kier molecular flexibility index (Phi) is 3.79. The Morgan fingerprint density at radius 1 is 1.30 bits per heavy atom. The van der Waals surface area contributed by atoms with Crippen molar-refractivity contribution >= 4 is 11.6 Å². The van der Waals surface area contributed by atoms with Crippen molar-refractivity contribution in [1.82, 2.24) is 0 Å². The molecule has 2 unspecified atom stereocenters. The van der Waals surface area contributed by atoms with Crippen LogP contribution < -0.4 is 0 Å². The van der Waals surface area contributed by atoms with Crippen molar-refractivity contribution in [2.24, 2.45) is 22.7 Å². The third-order valence-corrected chi connectivity index (χ3v) is 5.36. The number of carbonyl (C=O) groups excluding carboxylic acids is 2. The Morgan fingerprint density at radius 3 is 2.55 bits per heavy atom. The van der Waals surface area contributed by atoms with Crippen LogP contribution in [0, 0.1) is 22.7 Å². The van der Waals surface area contributed by atoms with Gasteiger partial charge in [-0.05, 0) is 49.7 Å². The normalized spacial score (nSPS) is 36.6. The Hall–Kier alpha value is -1.18. The van der Waals surface area contributed by atoms with E-state index in [2.05, 4.69) is 20.8 Å². The lowest BCUT2D eigenvalue weighted by Crippen LogP contribution is -2.52.